The predicted molar refractivity (Wildman–Crippen MR) is 163 cm³/mol. The van der Waals surface area contributed by atoms with Crippen LogP contribution < -0.4 is 18.6 Å². The molecule has 6 rings (SSSR count). The molecule has 0 bridgehead atoms. The van der Waals surface area contributed by atoms with Gasteiger partial charge >= 0.3 is 0 Å². The average molecular weight is 603 g/mol. The number of hydrogen-bond donors (Lipinski definition) is 0. The van der Waals surface area contributed by atoms with Gasteiger partial charge in [-0.25, -0.2) is 9.97 Å². The highest BCUT2D eigenvalue weighted by Crippen LogP contribution is 2.31. The summed E-state index contributed by atoms with van der Waals surface area (Å²) in [4.78, 5) is 9.53. The summed E-state index contributed by atoms with van der Waals surface area (Å²) < 4.78 is 49.6. The van der Waals surface area contributed by atoms with Crippen molar-refractivity contribution in [3.8, 4) is 11.5 Å². The Labute approximate surface area is 250 Å². The van der Waals surface area contributed by atoms with Gasteiger partial charge in [0.1, 0.15) is 25.1 Å². The number of ether oxygens (including phenoxy) is 2. The number of benzene rings is 4. The molecule has 2 heterocycles. The van der Waals surface area contributed by atoms with Crippen LogP contribution in [-0.4, -0.2) is 41.7 Å². The van der Waals surface area contributed by atoms with Crippen LogP contribution >= 0.6 is 0 Å². The molecule has 224 valence electrons. The van der Waals surface area contributed by atoms with Crippen molar-refractivity contribution in [2.24, 2.45) is 14.1 Å². The number of hydrogen-bond acceptors (Lipinski definition) is 8. The van der Waals surface area contributed by atoms with Gasteiger partial charge in [0.15, 0.2) is 22.5 Å². The second-order valence-corrected chi connectivity index (χ2v) is 11.0. The van der Waals surface area contributed by atoms with Crippen molar-refractivity contribution in [2.45, 2.75) is 27.7 Å². The van der Waals surface area contributed by atoms with Crippen molar-refractivity contribution >= 4 is 54.5 Å². The molecule has 10 nitrogen and oxygen atoms in total. The zero-order valence-electron chi connectivity index (χ0n) is 25.4. The Kier molecular flexibility index (Phi) is 9.09. The zero-order valence-corrected chi connectivity index (χ0v) is 26.2. The fraction of sp³-hybridized carbons (Fsp3) is 0.250. The molecular weight excluding hydrogens is 568 g/mol. The fourth-order valence-corrected chi connectivity index (χ4v) is 5.12. The van der Waals surface area contributed by atoms with Crippen LogP contribution in [-0.2, 0) is 24.5 Å². The third kappa shape index (κ3) is 6.48. The summed E-state index contributed by atoms with van der Waals surface area (Å²) >= 11 is 0. The van der Waals surface area contributed by atoms with E-state index in [1.54, 1.807) is 14.2 Å². The molecule has 0 radical (unpaired) electrons. The lowest BCUT2D eigenvalue weighted by atomic mass is 10.1. The lowest BCUT2D eigenvalue weighted by Crippen LogP contribution is -2.31. The molecule has 0 aliphatic heterocycles. The fourth-order valence-electron chi connectivity index (χ4n) is 5.12. The summed E-state index contributed by atoms with van der Waals surface area (Å²) in [5.41, 5.74) is 13.0. The average Bonchev–Trinajstić information content (AvgIpc) is 2.96. The monoisotopic (exact) mass is 602 g/mol. The molecule has 0 aliphatic rings. The number of para-hydroxylation sites is 4. The molecule has 0 N–H and O–H groups in total. The van der Waals surface area contributed by atoms with Gasteiger partial charge in [-0.3, -0.25) is 8.42 Å². The molecule has 43 heavy (non-hydrogen) atoms. The molecule has 0 saturated carbocycles. The Morgan fingerprint density at radius 1 is 0.628 bits per heavy atom. The summed E-state index contributed by atoms with van der Waals surface area (Å²) in [5.74, 6) is 1.74. The molecule has 0 unspecified atom stereocenters. The van der Waals surface area contributed by atoms with Gasteiger partial charge in [0.25, 0.3) is 0 Å². The summed E-state index contributed by atoms with van der Waals surface area (Å²) in [6.07, 6.45) is 0. The Hall–Kier alpha value is -4.45. The van der Waals surface area contributed by atoms with Gasteiger partial charge in [0.2, 0.25) is 22.1 Å². The Balaban J connectivity index is 0.000000171. The maximum atomic E-state index is 8.52. The van der Waals surface area contributed by atoms with Crippen molar-refractivity contribution in [1.82, 2.24) is 9.97 Å². The first-order valence-corrected chi connectivity index (χ1v) is 14.7. The smallest absolute Gasteiger partial charge is 0.235 e. The number of nitrogens with zero attached hydrogens (tertiary/aromatic N) is 4. The number of aromatic nitrogens is 4. The van der Waals surface area contributed by atoms with E-state index in [1.165, 1.54) is 11.1 Å². The highest BCUT2D eigenvalue weighted by Gasteiger charge is 2.20. The molecule has 0 amide bonds. The van der Waals surface area contributed by atoms with Crippen LogP contribution in [0.3, 0.4) is 0 Å². The molecule has 0 atom stereocenters. The van der Waals surface area contributed by atoms with Crippen LogP contribution in [0.4, 0.5) is 0 Å². The molecular formula is C32H34N4O6S. The quantitative estimate of drug-likeness (QED) is 0.124. The molecule has 0 saturated heterocycles. The molecule has 0 spiro atoms. The third-order valence-corrected chi connectivity index (χ3v) is 7.57. The molecule has 0 aliphatic carbocycles. The van der Waals surface area contributed by atoms with Crippen LogP contribution in [0, 0.1) is 27.7 Å². The summed E-state index contributed by atoms with van der Waals surface area (Å²) in [5, 5.41) is 0. The van der Waals surface area contributed by atoms with Crippen LogP contribution in [0.25, 0.3) is 44.1 Å². The SMILES string of the molecule is COc1c(C)c(C)cc2c1nc1ccccc1[n+]2C.COc1c(C)c(C)cc2c1nc1ccccc1[n+]2C.O=S(=O)([O-])[O-]. The van der Waals surface area contributed by atoms with E-state index in [0.29, 0.717) is 0 Å². The maximum Gasteiger partial charge on any atom is 0.235 e. The number of methoxy groups -OCH3 is 2. The van der Waals surface area contributed by atoms with E-state index < -0.39 is 10.4 Å². The van der Waals surface area contributed by atoms with Gasteiger partial charge in [-0.15, -0.1) is 0 Å². The van der Waals surface area contributed by atoms with Gasteiger partial charge in [0, 0.05) is 34.7 Å². The Morgan fingerprint density at radius 3 is 1.28 bits per heavy atom. The molecule has 0 fully saturated rings. The van der Waals surface area contributed by atoms with E-state index in [1.807, 2.05) is 36.4 Å². The van der Waals surface area contributed by atoms with Gasteiger partial charge in [-0.1, -0.05) is 24.3 Å². The molecule has 2 aromatic heterocycles. The zero-order chi connectivity index (χ0) is 31.6. The van der Waals surface area contributed by atoms with E-state index in [9.17, 15) is 0 Å². The minimum Gasteiger partial charge on any atom is -0.759 e. The van der Waals surface area contributed by atoms with Crippen LogP contribution in [0.15, 0.2) is 60.7 Å². The van der Waals surface area contributed by atoms with Gasteiger partial charge in [-0.05, 0) is 62.1 Å². The van der Waals surface area contributed by atoms with Crippen molar-refractivity contribution in [2.75, 3.05) is 14.2 Å². The molecule has 4 aromatic carbocycles. The van der Waals surface area contributed by atoms with E-state index in [4.69, 9.17) is 37.0 Å². The van der Waals surface area contributed by atoms with E-state index >= 15 is 0 Å². The van der Waals surface area contributed by atoms with Crippen molar-refractivity contribution in [1.29, 1.82) is 0 Å². The van der Waals surface area contributed by atoms with Crippen LogP contribution in [0.5, 0.6) is 11.5 Å². The van der Waals surface area contributed by atoms with Crippen molar-refractivity contribution < 1.29 is 36.1 Å². The lowest BCUT2D eigenvalue weighted by Gasteiger charge is -2.10. The predicted octanol–water partition coefficient (Wildman–Crippen LogP) is 4.34. The van der Waals surface area contributed by atoms with Crippen molar-refractivity contribution in [3.05, 3.63) is 82.9 Å². The number of rotatable bonds is 2. The van der Waals surface area contributed by atoms with Crippen LogP contribution in [0.2, 0.25) is 0 Å². The third-order valence-electron chi connectivity index (χ3n) is 7.57. The first kappa shape index (κ1) is 31.5. The van der Waals surface area contributed by atoms with Gasteiger partial charge in [-0.2, -0.15) is 9.13 Å². The number of fused-ring (bicyclic) bond motifs is 4. The minimum atomic E-state index is -5.17. The Morgan fingerprint density at radius 2 is 0.953 bits per heavy atom. The topological polar surface area (TPSA) is 132 Å². The van der Waals surface area contributed by atoms with E-state index in [2.05, 4.69) is 75.2 Å². The second-order valence-electron chi connectivity index (χ2n) is 10.2. The second kappa shape index (κ2) is 12.4. The minimum absolute atomic E-state index is 0.872. The van der Waals surface area contributed by atoms with Crippen LogP contribution in [0.1, 0.15) is 22.3 Å². The highest BCUT2D eigenvalue weighted by molar-refractivity contribution is 7.79. The highest BCUT2D eigenvalue weighted by atomic mass is 32.3. The Bertz CT molecular complexity index is 1970. The number of aryl methyl sites for hydroxylation is 4. The molecule has 6 aromatic rings. The summed E-state index contributed by atoms with van der Waals surface area (Å²) in [6.45, 7) is 8.36. The first-order chi connectivity index (χ1) is 20.3. The van der Waals surface area contributed by atoms with E-state index in [-0.39, 0.29) is 0 Å². The maximum absolute atomic E-state index is 8.52. The van der Waals surface area contributed by atoms with Crippen molar-refractivity contribution in [3.63, 3.8) is 0 Å². The summed E-state index contributed by atoms with van der Waals surface area (Å²) in [6, 6.07) is 20.7. The van der Waals surface area contributed by atoms with Gasteiger partial charge in [0.05, 0.1) is 14.2 Å². The normalized spacial score (nSPS) is 11.2. The standard InChI is InChI=1S/2C16H17N2O.H2O4S/c2*1-10-9-14-15(16(19-4)11(10)2)17-12-7-5-6-8-13(12)18(14)3;1-5(2,3)4/h2*5-9H,1-4H3;(H2,1,2,3,4)/q2*+1;/p-2. The van der Waals surface area contributed by atoms with E-state index in [0.717, 1.165) is 66.8 Å². The largest absolute Gasteiger partial charge is 0.759 e. The lowest BCUT2D eigenvalue weighted by molar-refractivity contribution is -0.618. The summed E-state index contributed by atoms with van der Waals surface area (Å²) in [7, 11) is 2.39. The first-order valence-electron chi connectivity index (χ1n) is 13.4. The van der Waals surface area contributed by atoms with Gasteiger partial charge < -0.3 is 18.6 Å². The molecule has 11 heteroatoms.